The Balaban J connectivity index is 1.66. The van der Waals surface area contributed by atoms with Crippen LogP contribution in [0.15, 0.2) is 43.0 Å². The number of hydrogen-bond donors (Lipinski definition) is 2. The van der Waals surface area contributed by atoms with Gasteiger partial charge in [0, 0.05) is 0 Å². The highest BCUT2D eigenvalue weighted by atomic mass is 16.5. The summed E-state index contributed by atoms with van der Waals surface area (Å²) in [6, 6.07) is 9.43. The normalized spacial score (nSPS) is 10.4. The number of H-pyrrole nitrogens is 1. The molecule has 3 aromatic rings. The second kappa shape index (κ2) is 5.35. The van der Waals surface area contributed by atoms with Crippen molar-refractivity contribution in [2.45, 2.75) is 6.61 Å². The summed E-state index contributed by atoms with van der Waals surface area (Å²) >= 11 is 0. The number of ether oxygens (including phenoxy) is 1. The zero-order valence-corrected chi connectivity index (χ0v) is 10.4. The number of aromatic amines is 1. The van der Waals surface area contributed by atoms with Crippen LogP contribution in [-0.4, -0.2) is 26.0 Å². The van der Waals surface area contributed by atoms with Crippen LogP contribution in [0.4, 0.5) is 10.6 Å². The summed E-state index contributed by atoms with van der Waals surface area (Å²) in [4.78, 5) is 26.5. The van der Waals surface area contributed by atoms with E-state index in [-0.39, 0.29) is 6.61 Å². The first-order valence-electron chi connectivity index (χ1n) is 5.95. The van der Waals surface area contributed by atoms with Gasteiger partial charge in [-0.05, 0) is 5.56 Å². The van der Waals surface area contributed by atoms with E-state index >= 15 is 0 Å². The van der Waals surface area contributed by atoms with Gasteiger partial charge in [0.05, 0.1) is 6.33 Å². The molecule has 0 aliphatic carbocycles. The van der Waals surface area contributed by atoms with Crippen LogP contribution in [-0.2, 0) is 11.3 Å². The van der Waals surface area contributed by atoms with E-state index in [0.29, 0.717) is 17.0 Å². The molecule has 7 nitrogen and oxygen atoms in total. The molecule has 100 valence electrons. The summed E-state index contributed by atoms with van der Waals surface area (Å²) in [7, 11) is 0. The predicted molar refractivity (Wildman–Crippen MR) is 71.9 cm³/mol. The maximum Gasteiger partial charge on any atom is 0.413 e. The SMILES string of the molecule is O=C(Nc1ncnc2nc[nH]c12)OCc1ccccc1. The van der Waals surface area contributed by atoms with Crippen LogP contribution in [0, 0.1) is 0 Å². The molecule has 2 heterocycles. The predicted octanol–water partition coefficient (Wildman–Crippen LogP) is 2.10. The number of carbonyl (C=O) groups is 1. The van der Waals surface area contributed by atoms with Gasteiger partial charge in [-0.3, -0.25) is 5.32 Å². The fourth-order valence-electron chi connectivity index (χ4n) is 1.72. The third kappa shape index (κ3) is 2.56. The molecule has 0 spiro atoms. The first-order chi connectivity index (χ1) is 9.83. The molecule has 0 aliphatic rings. The lowest BCUT2D eigenvalue weighted by atomic mass is 10.2. The largest absolute Gasteiger partial charge is 0.444 e. The van der Waals surface area contributed by atoms with E-state index in [0.717, 1.165) is 5.56 Å². The fourth-order valence-corrected chi connectivity index (χ4v) is 1.72. The maximum atomic E-state index is 11.7. The number of amides is 1. The lowest BCUT2D eigenvalue weighted by Gasteiger charge is -2.06. The van der Waals surface area contributed by atoms with E-state index in [4.69, 9.17) is 4.74 Å². The molecule has 0 fully saturated rings. The minimum atomic E-state index is -0.580. The van der Waals surface area contributed by atoms with Gasteiger partial charge in [-0.1, -0.05) is 30.3 Å². The molecule has 0 saturated carbocycles. The number of fused-ring (bicyclic) bond motifs is 1. The smallest absolute Gasteiger partial charge is 0.413 e. The Bertz CT molecular complexity index is 726. The highest BCUT2D eigenvalue weighted by molar-refractivity contribution is 5.92. The number of rotatable bonds is 3. The Labute approximate surface area is 114 Å². The van der Waals surface area contributed by atoms with E-state index in [1.807, 2.05) is 30.3 Å². The molecule has 20 heavy (non-hydrogen) atoms. The van der Waals surface area contributed by atoms with Crippen LogP contribution in [0.3, 0.4) is 0 Å². The van der Waals surface area contributed by atoms with Crippen LogP contribution in [0.25, 0.3) is 11.2 Å². The third-order valence-corrected chi connectivity index (χ3v) is 2.66. The number of imidazole rings is 1. The van der Waals surface area contributed by atoms with Crippen molar-refractivity contribution >= 4 is 23.1 Å². The first kappa shape index (κ1) is 12.1. The van der Waals surface area contributed by atoms with E-state index < -0.39 is 6.09 Å². The van der Waals surface area contributed by atoms with E-state index in [2.05, 4.69) is 25.3 Å². The van der Waals surface area contributed by atoms with Crippen molar-refractivity contribution in [3.8, 4) is 0 Å². The Morgan fingerprint density at radius 3 is 2.90 bits per heavy atom. The Hall–Kier alpha value is -2.96. The van der Waals surface area contributed by atoms with E-state index in [9.17, 15) is 4.79 Å². The van der Waals surface area contributed by atoms with Crippen molar-refractivity contribution in [3.63, 3.8) is 0 Å². The van der Waals surface area contributed by atoms with Gasteiger partial charge in [0.25, 0.3) is 0 Å². The van der Waals surface area contributed by atoms with Crippen LogP contribution in [0.5, 0.6) is 0 Å². The average Bonchev–Trinajstić information content (AvgIpc) is 2.96. The number of anilines is 1. The molecule has 0 atom stereocenters. The molecule has 0 saturated heterocycles. The molecular weight excluding hydrogens is 258 g/mol. The van der Waals surface area contributed by atoms with E-state index in [1.165, 1.54) is 12.7 Å². The first-order valence-corrected chi connectivity index (χ1v) is 5.95. The molecule has 3 rings (SSSR count). The van der Waals surface area contributed by atoms with Crippen molar-refractivity contribution < 1.29 is 9.53 Å². The molecule has 2 N–H and O–H groups in total. The van der Waals surface area contributed by atoms with Crippen LogP contribution < -0.4 is 5.32 Å². The lowest BCUT2D eigenvalue weighted by Crippen LogP contribution is -2.14. The van der Waals surface area contributed by atoms with Crippen molar-refractivity contribution in [2.24, 2.45) is 0 Å². The van der Waals surface area contributed by atoms with Gasteiger partial charge in [-0.15, -0.1) is 0 Å². The second-order valence-electron chi connectivity index (χ2n) is 4.01. The minimum absolute atomic E-state index is 0.198. The molecular formula is C13H11N5O2. The van der Waals surface area contributed by atoms with Gasteiger partial charge >= 0.3 is 6.09 Å². The monoisotopic (exact) mass is 269 g/mol. The van der Waals surface area contributed by atoms with Gasteiger partial charge in [0.15, 0.2) is 11.5 Å². The number of benzene rings is 1. The Morgan fingerprint density at radius 1 is 1.20 bits per heavy atom. The number of carbonyl (C=O) groups excluding carboxylic acids is 1. The summed E-state index contributed by atoms with van der Waals surface area (Å²) in [6.45, 7) is 0.198. The molecule has 0 unspecified atom stereocenters. The maximum absolute atomic E-state index is 11.7. The van der Waals surface area contributed by atoms with Gasteiger partial charge in [0.2, 0.25) is 0 Å². The highest BCUT2D eigenvalue weighted by Gasteiger charge is 2.10. The molecule has 1 amide bonds. The quantitative estimate of drug-likeness (QED) is 0.759. The number of aromatic nitrogens is 4. The van der Waals surface area contributed by atoms with Crippen molar-refractivity contribution in [3.05, 3.63) is 48.5 Å². The molecule has 0 bridgehead atoms. The van der Waals surface area contributed by atoms with E-state index in [1.54, 1.807) is 0 Å². The topological polar surface area (TPSA) is 92.8 Å². The number of nitrogens with zero attached hydrogens (tertiary/aromatic N) is 3. The Morgan fingerprint density at radius 2 is 2.05 bits per heavy atom. The fraction of sp³-hybridized carbons (Fsp3) is 0.0769. The Kier molecular flexibility index (Phi) is 3.24. The zero-order valence-electron chi connectivity index (χ0n) is 10.4. The van der Waals surface area contributed by atoms with Gasteiger partial charge < -0.3 is 9.72 Å². The van der Waals surface area contributed by atoms with Crippen molar-refractivity contribution in [2.75, 3.05) is 5.32 Å². The van der Waals surface area contributed by atoms with Crippen molar-refractivity contribution in [1.82, 2.24) is 19.9 Å². The number of hydrogen-bond acceptors (Lipinski definition) is 5. The van der Waals surface area contributed by atoms with Crippen molar-refractivity contribution in [1.29, 1.82) is 0 Å². The number of nitrogens with one attached hydrogen (secondary N) is 2. The van der Waals surface area contributed by atoms with Crippen LogP contribution in [0.1, 0.15) is 5.56 Å². The summed E-state index contributed by atoms with van der Waals surface area (Å²) in [6.07, 6.45) is 2.24. The lowest BCUT2D eigenvalue weighted by molar-refractivity contribution is 0.155. The van der Waals surface area contributed by atoms with Crippen LogP contribution >= 0.6 is 0 Å². The van der Waals surface area contributed by atoms with Gasteiger partial charge in [-0.25, -0.2) is 19.7 Å². The second-order valence-corrected chi connectivity index (χ2v) is 4.01. The average molecular weight is 269 g/mol. The molecule has 2 aromatic heterocycles. The van der Waals surface area contributed by atoms with Gasteiger partial charge in [-0.2, -0.15) is 0 Å². The standard InChI is InChI=1S/C13H11N5O2/c19-13(20-6-9-4-2-1-3-5-9)18-12-10-11(15-7-14-10)16-8-17-12/h1-5,7-8H,6H2,(H2,14,15,16,17,18,19). The third-order valence-electron chi connectivity index (χ3n) is 2.66. The van der Waals surface area contributed by atoms with Gasteiger partial charge in [0.1, 0.15) is 18.5 Å². The molecule has 0 aliphatic heterocycles. The minimum Gasteiger partial charge on any atom is -0.444 e. The summed E-state index contributed by atoms with van der Waals surface area (Å²) in [5.41, 5.74) is 1.96. The van der Waals surface area contributed by atoms with Crippen LogP contribution in [0.2, 0.25) is 0 Å². The molecule has 7 heteroatoms. The summed E-state index contributed by atoms with van der Waals surface area (Å²) in [5.74, 6) is 0.338. The summed E-state index contributed by atoms with van der Waals surface area (Å²) in [5, 5.41) is 2.56. The highest BCUT2D eigenvalue weighted by Crippen LogP contribution is 2.14. The zero-order chi connectivity index (χ0) is 13.8. The molecule has 0 radical (unpaired) electrons. The summed E-state index contributed by atoms with van der Waals surface area (Å²) < 4.78 is 5.11. The molecule has 1 aromatic carbocycles.